The van der Waals surface area contributed by atoms with E-state index in [9.17, 15) is 0 Å². The predicted octanol–water partition coefficient (Wildman–Crippen LogP) is 4.54. The number of aromatic nitrogens is 3. The van der Waals surface area contributed by atoms with Gasteiger partial charge in [0.1, 0.15) is 5.75 Å². The third-order valence-electron chi connectivity index (χ3n) is 3.37. The van der Waals surface area contributed by atoms with Crippen molar-refractivity contribution in [3.05, 3.63) is 64.3 Å². The van der Waals surface area contributed by atoms with Crippen LogP contribution in [0.4, 0.5) is 17.5 Å². The molecule has 2 aromatic carbocycles. The van der Waals surface area contributed by atoms with Crippen LogP contribution in [0, 0.1) is 0 Å². The van der Waals surface area contributed by atoms with Crippen molar-refractivity contribution in [1.29, 1.82) is 0 Å². The lowest BCUT2D eigenvalue weighted by Gasteiger charge is -2.09. The highest BCUT2D eigenvalue weighted by atomic mass is 35.5. The van der Waals surface area contributed by atoms with E-state index in [1.165, 1.54) is 0 Å². The van der Waals surface area contributed by atoms with Crippen LogP contribution in [0.1, 0.15) is 5.56 Å². The molecule has 0 spiro atoms. The Morgan fingerprint density at radius 1 is 1.04 bits per heavy atom. The Kier molecular flexibility index (Phi) is 5.53. The Morgan fingerprint density at radius 2 is 1.84 bits per heavy atom. The zero-order valence-corrected chi connectivity index (χ0v) is 14.8. The van der Waals surface area contributed by atoms with E-state index in [-0.39, 0.29) is 0 Å². The van der Waals surface area contributed by atoms with Crippen molar-refractivity contribution in [2.75, 3.05) is 17.7 Å². The second kappa shape index (κ2) is 8.00. The SMILES string of the molecule is COc1ccc(CNc2cnnc(Nc3ccc(Cl)c(Cl)c3)n2)cc1. The Hall–Kier alpha value is -2.57. The van der Waals surface area contributed by atoms with Gasteiger partial charge in [-0.25, -0.2) is 0 Å². The van der Waals surface area contributed by atoms with E-state index in [4.69, 9.17) is 27.9 Å². The molecule has 3 aromatic rings. The highest BCUT2D eigenvalue weighted by Gasteiger charge is 2.04. The topological polar surface area (TPSA) is 72.0 Å². The fourth-order valence-electron chi connectivity index (χ4n) is 2.08. The Bertz CT molecular complexity index is 858. The normalized spacial score (nSPS) is 10.4. The lowest BCUT2D eigenvalue weighted by atomic mass is 10.2. The van der Waals surface area contributed by atoms with Gasteiger partial charge in [-0.3, -0.25) is 0 Å². The van der Waals surface area contributed by atoms with Gasteiger partial charge in [0.15, 0.2) is 5.82 Å². The van der Waals surface area contributed by atoms with E-state index in [1.807, 2.05) is 24.3 Å². The lowest BCUT2D eigenvalue weighted by molar-refractivity contribution is 0.414. The van der Waals surface area contributed by atoms with Crippen molar-refractivity contribution in [3.63, 3.8) is 0 Å². The third-order valence-corrected chi connectivity index (χ3v) is 4.11. The van der Waals surface area contributed by atoms with Gasteiger partial charge in [-0.2, -0.15) is 10.1 Å². The molecule has 3 rings (SSSR count). The molecule has 8 heteroatoms. The number of nitrogens with zero attached hydrogens (tertiary/aromatic N) is 3. The molecule has 128 valence electrons. The maximum atomic E-state index is 6.00. The number of ether oxygens (including phenoxy) is 1. The van der Waals surface area contributed by atoms with Crippen molar-refractivity contribution in [1.82, 2.24) is 15.2 Å². The van der Waals surface area contributed by atoms with E-state index >= 15 is 0 Å². The molecule has 6 nitrogen and oxygen atoms in total. The first kappa shape index (κ1) is 17.3. The van der Waals surface area contributed by atoms with Gasteiger partial charge in [0.05, 0.1) is 23.4 Å². The molecule has 0 amide bonds. The van der Waals surface area contributed by atoms with Crippen molar-refractivity contribution in [2.24, 2.45) is 0 Å². The van der Waals surface area contributed by atoms with Crippen molar-refractivity contribution < 1.29 is 4.74 Å². The minimum absolute atomic E-state index is 0.359. The van der Waals surface area contributed by atoms with E-state index < -0.39 is 0 Å². The van der Waals surface area contributed by atoms with E-state index in [0.29, 0.717) is 28.4 Å². The quantitative estimate of drug-likeness (QED) is 0.658. The molecule has 0 aliphatic carbocycles. The first-order valence-corrected chi connectivity index (χ1v) is 8.18. The van der Waals surface area contributed by atoms with Gasteiger partial charge >= 0.3 is 0 Å². The van der Waals surface area contributed by atoms with E-state index in [1.54, 1.807) is 31.5 Å². The number of hydrogen-bond donors (Lipinski definition) is 2. The third kappa shape index (κ3) is 4.71. The number of methoxy groups -OCH3 is 1. The van der Waals surface area contributed by atoms with Gasteiger partial charge < -0.3 is 15.4 Å². The molecule has 0 fully saturated rings. The second-order valence-electron chi connectivity index (χ2n) is 5.12. The van der Waals surface area contributed by atoms with Crippen LogP contribution >= 0.6 is 23.2 Å². The summed E-state index contributed by atoms with van der Waals surface area (Å²) in [6.45, 7) is 0.606. The first-order valence-electron chi connectivity index (χ1n) is 7.42. The van der Waals surface area contributed by atoms with E-state index in [2.05, 4.69) is 25.8 Å². The fraction of sp³-hybridized carbons (Fsp3) is 0.118. The van der Waals surface area contributed by atoms with Crippen LogP contribution in [0.15, 0.2) is 48.7 Å². The smallest absolute Gasteiger partial charge is 0.249 e. The molecule has 0 bridgehead atoms. The van der Waals surface area contributed by atoms with Gasteiger partial charge in [0, 0.05) is 12.2 Å². The Labute approximate surface area is 155 Å². The molecule has 2 N–H and O–H groups in total. The van der Waals surface area contributed by atoms with Crippen LogP contribution in [-0.4, -0.2) is 22.3 Å². The molecule has 0 saturated heterocycles. The van der Waals surface area contributed by atoms with Crippen LogP contribution in [0.25, 0.3) is 0 Å². The average Bonchev–Trinajstić information content (AvgIpc) is 2.64. The molecule has 1 heterocycles. The molecule has 0 aliphatic rings. The molecule has 0 unspecified atom stereocenters. The summed E-state index contributed by atoms with van der Waals surface area (Å²) in [6, 6.07) is 13.0. The highest BCUT2D eigenvalue weighted by Crippen LogP contribution is 2.26. The van der Waals surface area contributed by atoms with Gasteiger partial charge in [0.2, 0.25) is 5.95 Å². The summed E-state index contributed by atoms with van der Waals surface area (Å²) >= 11 is 11.9. The monoisotopic (exact) mass is 375 g/mol. The molecule has 0 radical (unpaired) electrons. The van der Waals surface area contributed by atoms with E-state index in [0.717, 1.165) is 17.0 Å². The Morgan fingerprint density at radius 3 is 2.56 bits per heavy atom. The van der Waals surface area contributed by atoms with Crippen LogP contribution in [-0.2, 0) is 6.54 Å². The lowest BCUT2D eigenvalue weighted by Crippen LogP contribution is -2.05. The molecule has 1 aromatic heterocycles. The van der Waals surface area contributed by atoms with Crippen molar-refractivity contribution >= 4 is 40.7 Å². The van der Waals surface area contributed by atoms with Gasteiger partial charge in [-0.15, -0.1) is 5.10 Å². The minimum atomic E-state index is 0.359. The fourth-order valence-corrected chi connectivity index (χ4v) is 2.38. The highest BCUT2D eigenvalue weighted by molar-refractivity contribution is 6.42. The van der Waals surface area contributed by atoms with Crippen LogP contribution < -0.4 is 15.4 Å². The molecule has 0 aliphatic heterocycles. The molecule has 0 saturated carbocycles. The summed E-state index contributed by atoms with van der Waals surface area (Å²) in [4.78, 5) is 4.37. The number of benzene rings is 2. The average molecular weight is 376 g/mol. The standard InChI is InChI=1S/C17H15Cl2N5O/c1-25-13-5-2-11(3-6-13)9-20-16-10-21-24-17(23-16)22-12-4-7-14(18)15(19)8-12/h2-8,10H,9H2,1H3,(H2,20,22,23,24). The first-order chi connectivity index (χ1) is 12.1. The summed E-state index contributed by atoms with van der Waals surface area (Å²) in [6.07, 6.45) is 1.56. The van der Waals surface area contributed by atoms with Crippen molar-refractivity contribution in [2.45, 2.75) is 6.54 Å². The maximum Gasteiger partial charge on any atom is 0.249 e. The van der Waals surface area contributed by atoms with Crippen LogP contribution in [0.5, 0.6) is 5.75 Å². The summed E-state index contributed by atoms with van der Waals surface area (Å²) in [5, 5.41) is 15.1. The second-order valence-corrected chi connectivity index (χ2v) is 5.94. The summed E-state index contributed by atoms with van der Waals surface area (Å²) < 4.78 is 5.14. The van der Waals surface area contributed by atoms with Gasteiger partial charge in [0.25, 0.3) is 0 Å². The summed E-state index contributed by atoms with van der Waals surface area (Å²) in [7, 11) is 1.64. The van der Waals surface area contributed by atoms with Crippen LogP contribution in [0.2, 0.25) is 10.0 Å². The summed E-state index contributed by atoms with van der Waals surface area (Å²) in [5.41, 5.74) is 1.82. The number of halogens is 2. The maximum absolute atomic E-state index is 6.00. The minimum Gasteiger partial charge on any atom is -0.497 e. The predicted molar refractivity (Wildman–Crippen MR) is 99.9 cm³/mol. The molecular weight excluding hydrogens is 361 g/mol. The summed E-state index contributed by atoms with van der Waals surface area (Å²) in [5.74, 6) is 1.78. The van der Waals surface area contributed by atoms with Crippen LogP contribution in [0.3, 0.4) is 0 Å². The zero-order chi connectivity index (χ0) is 17.6. The number of rotatable bonds is 6. The number of anilines is 3. The zero-order valence-electron chi connectivity index (χ0n) is 13.3. The van der Waals surface area contributed by atoms with Gasteiger partial charge in [-0.1, -0.05) is 35.3 Å². The molecular formula is C17H15Cl2N5O. The largest absolute Gasteiger partial charge is 0.497 e. The number of hydrogen-bond acceptors (Lipinski definition) is 6. The van der Waals surface area contributed by atoms with Gasteiger partial charge in [-0.05, 0) is 35.9 Å². The molecule has 25 heavy (non-hydrogen) atoms. The number of nitrogens with one attached hydrogen (secondary N) is 2. The molecule has 0 atom stereocenters. The Balaban J connectivity index is 1.65. The van der Waals surface area contributed by atoms with Crippen molar-refractivity contribution in [3.8, 4) is 5.75 Å².